The maximum atomic E-state index is 5.75. The molecule has 3 nitrogen and oxygen atoms in total. The highest BCUT2D eigenvalue weighted by molar-refractivity contribution is 5.27. The summed E-state index contributed by atoms with van der Waals surface area (Å²) in [7, 11) is 0. The molecule has 1 aromatic carbocycles. The summed E-state index contributed by atoms with van der Waals surface area (Å²) in [6, 6.07) is 8.85. The average Bonchev–Trinajstić information content (AvgIpc) is 2.49. The van der Waals surface area contributed by atoms with Gasteiger partial charge < -0.3 is 10.1 Å². The number of benzene rings is 1. The van der Waals surface area contributed by atoms with Gasteiger partial charge in [0, 0.05) is 19.6 Å². The minimum Gasteiger partial charge on any atom is -0.376 e. The molecule has 1 atom stereocenters. The van der Waals surface area contributed by atoms with Gasteiger partial charge in [-0.15, -0.1) is 0 Å². The van der Waals surface area contributed by atoms with Gasteiger partial charge in [0.25, 0.3) is 0 Å². The fourth-order valence-electron chi connectivity index (χ4n) is 2.77. The lowest BCUT2D eigenvalue weighted by molar-refractivity contribution is -0.0325. The maximum Gasteiger partial charge on any atom is 0.0700 e. The van der Waals surface area contributed by atoms with Crippen LogP contribution in [0.2, 0.25) is 0 Å². The molecule has 112 valence electrons. The standard InChI is InChI=1S/C17H28N2O/c1-3-17-14-19(11-12-20-17)13-16-8-6-5-7-15(16)9-10-18-4-2/h5-8,17-18H,3-4,9-14H2,1-2H3. The molecule has 1 saturated heterocycles. The van der Waals surface area contributed by atoms with E-state index >= 15 is 0 Å². The number of likely N-dealkylation sites (N-methyl/N-ethyl adjacent to an activating group) is 1. The molecule has 0 saturated carbocycles. The highest BCUT2D eigenvalue weighted by Crippen LogP contribution is 2.16. The van der Waals surface area contributed by atoms with Crippen LogP contribution in [0.3, 0.4) is 0 Å². The number of hydrogen-bond donors (Lipinski definition) is 1. The van der Waals surface area contributed by atoms with Gasteiger partial charge in [0.15, 0.2) is 0 Å². The van der Waals surface area contributed by atoms with Crippen molar-refractivity contribution in [2.24, 2.45) is 0 Å². The summed E-state index contributed by atoms with van der Waals surface area (Å²) < 4.78 is 5.75. The molecule has 1 N–H and O–H groups in total. The second kappa shape index (κ2) is 8.40. The number of hydrogen-bond acceptors (Lipinski definition) is 3. The summed E-state index contributed by atoms with van der Waals surface area (Å²) in [5, 5.41) is 3.41. The van der Waals surface area contributed by atoms with E-state index in [1.807, 2.05) is 0 Å². The molecule has 0 aromatic heterocycles. The number of nitrogens with zero attached hydrogens (tertiary/aromatic N) is 1. The summed E-state index contributed by atoms with van der Waals surface area (Å²) in [6.07, 6.45) is 2.64. The van der Waals surface area contributed by atoms with E-state index in [9.17, 15) is 0 Å². The minimum absolute atomic E-state index is 0.415. The molecule has 0 amide bonds. The van der Waals surface area contributed by atoms with Gasteiger partial charge in [-0.1, -0.05) is 38.1 Å². The lowest BCUT2D eigenvalue weighted by Gasteiger charge is -2.33. The Hall–Kier alpha value is -0.900. The van der Waals surface area contributed by atoms with E-state index < -0.39 is 0 Å². The predicted molar refractivity (Wildman–Crippen MR) is 84.0 cm³/mol. The van der Waals surface area contributed by atoms with Crippen molar-refractivity contribution in [3.05, 3.63) is 35.4 Å². The van der Waals surface area contributed by atoms with Crippen molar-refractivity contribution < 1.29 is 4.74 Å². The van der Waals surface area contributed by atoms with Crippen LogP contribution < -0.4 is 5.32 Å². The lowest BCUT2D eigenvalue weighted by atomic mass is 10.0. The van der Waals surface area contributed by atoms with Gasteiger partial charge in [-0.2, -0.15) is 0 Å². The Kier molecular flexibility index (Phi) is 6.51. The fourth-order valence-corrected chi connectivity index (χ4v) is 2.77. The summed E-state index contributed by atoms with van der Waals surface area (Å²) in [6.45, 7) is 10.5. The van der Waals surface area contributed by atoms with Gasteiger partial charge in [-0.05, 0) is 37.1 Å². The average molecular weight is 276 g/mol. The summed E-state index contributed by atoms with van der Waals surface area (Å²) >= 11 is 0. The zero-order valence-corrected chi connectivity index (χ0v) is 12.9. The van der Waals surface area contributed by atoms with Crippen molar-refractivity contribution in [1.29, 1.82) is 0 Å². The molecule has 1 aromatic rings. The lowest BCUT2D eigenvalue weighted by Crippen LogP contribution is -2.41. The molecule has 1 heterocycles. The molecule has 2 rings (SSSR count). The van der Waals surface area contributed by atoms with Crippen LogP contribution in [0.1, 0.15) is 31.4 Å². The fraction of sp³-hybridized carbons (Fsp3) is 0.647. The number of morpholine rings is 1. The van der Waals surface area contributed by atoms with Gasteiger partial charge in [0.1, 0.15) is 0 Å². The maximum absolute atomic E-state index is 5.75. The Bertz CT molecular complexity index is 394. The third-order valence-corrected chi connectivity index (χ3v) is 4.01. The molecule has 1 aliphatic rings. The first-order valence-corrected chi connectivity index (χ1v) is 7.95. The van der Waals surface area contributed by atoms with Crippen molar-refractivity contribution in [2.45, 2.75) is 39.3 Å². The van der Waals surface area contributed by atoms with Crippen LogP contribution in [-0.4, -0.2) is 43.8 Å². The molecule has 1 aliphatic heterocycles. The zero-order valence-electron chi connectivity index (χ0n) is 12.9. The first-order chi connectivity index (χ1) is 9.83. The van der Waals surface area contributed by atoms with Crippen LogP contribution in [0, 0.1) is 0 Å². The molecule has 0 spiro atoms. The largest absolute Gasteiger partial charge is 0.376 e. The normalized spacial score (nSPS) is 20.2. The van der Waals surface area contributed by atoms with Crippen molar-refractivity contribution in [1.82, 2.24) is 10.2 Å². The summed E-state index contributed by atoms with van der Waals surface area (Å²) in [5.74, 6) is 0. The van der Waals surface area contributed by atoms with Crippen LogP contribution in [0.25, 0.3) is 0 Å². The summed E-state index contributed by atoms with van der Waals surface area (Å²) in [4.78, 5) is 2.53. The molecule has 1 unspecified atom stereocenters. The van der Waals surface area contributed by atoms with Gasteiger partial charge in [-0.3, -0.25) is 4.90 Å². The van der Waals surface area contributed by atoms with Gasteiger partial charge >= 0.3 is 0 Å². The second-order valence-corrected chi connectivity index (χ2v) is 5.51. The quantitative estimate of drug-likeness (QED) is 0.774. The van der Waals surface area contributed by atoms with Crippen molar-refractivity contribution in [2.75, 3.05) is 32.8 Å². The van der Waals surface area contributed by atoms with E-state index in [1.165, 1.54) is 11.1 Å². The first-order valence-electron chi connectivity index (χ1n) is 7.95. The van der Waals surface area contributed by atoms with Crippen LogP contribution in [0.15, 0.2) is 24.3 Å². The predicted octanol–water partition coefficient (Wildman–Crippen LogP) is 2.45. The molecule has 3 heteroatoms. The zero-order chi connectivity index (χ0) is 14.2. The molecule has 0 bridgehead atoms. The molecular formula is C17H28N2O. The van der Waals surface area contributed by atoms with Crippen LogP contribution in [-0.2, 0) is 17.7 Å². The van der Waals surface area contributed by atoms with E-state index in [2.05, 4.69) is 48.3 Å². The van der Waals surface area contributed by atoms with E-state index in [4.69, 9.17) is 4.74 Å². The SMILES string of the molecule is CCNCCc1ccccc1CN1CCOC(CC)C1. The number of rotatable bonds is 7. The van der Waals surface area contributed by atoms with E-state index in [0.29, 0.717) is 6.10 Å². The van der Waals surface area contributed by atoms with Crippen LogP contribution >= 0.6 is 0 Å². The Morgan fingerprint density at radius 2 is 2.05 bits per heavy atom. The Morgan fingerprint density at radius 1 is 1.25 bits per heavy atom. The third-order valence-electron chi connectivity index (χ3n) is 4.01. The summed E-state index contributed by atoms with van der Waals surface area (Å²) in [5.41, 5.74) is 2.95. The van der Waals surface area contributed by atoms with Gasteiger partial charge in [-0.25, -0.2) is 0 Å². The van der Waals surface area contributed by atoms with Crippen LogP contribution in [0.4, 0.5) is 0 Å². The smallest absolute Gasteiger partial charge is 0.0700 e. The highest BCUT2D eigenvalue weighted by atomic mass is 16.5. The monoisotopic (exact) mass is 276 g/mol. The molecule has 20 heavy (non-hydrogen) atoms. The van der Waals surface area contributed by atoms with Gasteiger partial charge in [0.2, 0.25) is 0 Å². The van der Waals surface area contributed by atoms with E-state index in [-0.39, 0.29) is 0 Å². The first kappa shape index (κ1) is 15.5. The van der Waals surface area contributed by atoms with Gasteiger partial charge in [0.05, 0.1) is 12.7 Å². The van der Waals surface area contributed by atoms with Crippen LogP contribution in [0.5, 0.6) is 0 Å². The molecule has 0 radical (unpaired) electrons. The van der Waals surface area contributed by atoms with E-state index in [1.54, 1.807) is 0 Å². The molecule has 0 aliphatic carbocycles. The van der Waals surface area contributed by atoms with Crippen molar-refractivity contribution in [3.8, 4) is 0 Å². The topological polar surface area (TPSA) is 24.5 Å². The second-order valence-electron chi connectivity index (χ2n) is 5.51. The highest BCUT2D eigenvalue weighted by Gasteiger charge is 2.19. The van der Waals surface area contributed by atoms with Crippen molar-refractivity contribution >= 4 is 0 Å². The number of ether oxygens (including phenoxy) is 1. The Morgan fingerprint density at radius 3 is 2.80 bits per heavy atom. The third kappa shape index (κ3) is 4.58. The molecule has 1 fully saturated rings. The molecular weight excluding hydrogens is 248 g/mol. The van der Waals surface area contributed by atoms with E-state index in [0.717, 1.165) is 52.2 Å². The number of nitrogens with one attached hydrogen (secondary N) is 1. The Labute approximate surface area is 123 Å². The Balaban J connectivity index is 1.94. The minimum atomic E-state index is 0.415. The van der Waals surface area contributed by atoms with Crippen molar-refractivity contribution in [3.63, 3.8) is 0 Å².